The molecule has 102 valence electrons. The molecule has 0 heteroatoms. The molecule has 0 fully saturated rings. The molecule has 21 heavy (non-hydrogen) atoms. The normalized spacial score (nSPS) is 10.5. The van der Waals surface area contributed by atoms with Crippen molar-refractivity contribution in [2.75, 3.05) is 0 Å². The first-order valence-electron chi connectivity index (χ1n) is 7.12. The highest BCUT2D eigenvalue weighted by Crippen LogP contribution is 2.33. The molecule has 0 aliphatic heterocycles. The topological polar surface area (TPSA) is 0 Å². The fraction of sp³-hybridized carbons (Fsp3) is 0.0476. The van der Waals surface area contributed by atoms with E-state index >= 15 is 0 Å². The summed E-state index contributed by atoms with van der Waals surface area (Å²) in [6, 6.07) is 19.2. The van der Waals surface area contributed by atoms with Crippen LogP contribution in [-0.2, 0) is 0 Å². The molecule has 0 aromatic heterocycles. The first kappa shape index (κ1) is 13.4. The van der Waals surface area contributed by atoms with Gasteiger partial charge in [-0.3, -0.25) is 0 Å². The summed E-state index contributed by atoms with van der Waals surface area (Å²) >= 11 is 0. The fourth-order valence-corrected chi connectivity index (χ4v) is 2.83. The maximum Gasteiger partial charge on any atom is -0.0102 e. The van der Waals surface area contributed by atoms with Gasteiger partial charge < -0.3 is 0 Å². The molecule has 0 bridgehead atoms. The van der Waals surface area contributed by atoms with Crippen LogP contribution >= 0.6 is 0 Å². The van der Waals surface area contributed by atoms with Gasteiger partial charge in [0.05, 0.1) is 0 Å². The molecule has 0 unspecified atom stereocenters. The SMILES string of the molecule is C=Cc1cc2ccccc2cc1-c1cccc(C=C)c1C. The van der Waals surface area contributed by atoms with Crippen LogP contribution in [0.2, 0.25) is 0 Å². The van der Waals surface area contributed by atoms with Gasteiger partial charge in [-0.05, 0) is 57.6 Å². The van der Waals surface area contributed by atoms with E-state index < -0.39 is 0 Å². The van der Waals surface area contributed by atoms with Crippen molar-refractivity contribution in [3.05, 3.63) is 84.4 Å². The van der Waals surface area contributed by atoms with Crippen LogP contribution in [0.4, 0.5) is 0 Å². The van der Waals surface area contributed by atoms with Gasteiger partial charge in [-0.25, -0.2) is 0 Å². The van der Waals surface area contributed by atoms with E-state index in [1.54, 1.807) is 0 Å². The van der Waals surface area contributed by atoms with E-state index in [9.17, 15) is 0 Å². The van der Waals surface area contributed by atoms with Gasteiger partial charge in [-0.2, -0.15) is 0 Å². The van der Waals surface area contributed by atoms with Crippen LogP contribution in [0.1, 0.15) is 16.7 Å². The van der Waals surface area contributed by atoms with E-state index in [4.69, 9.17) is 0 Å². The Labute approximate surface area is 126 Å². The molecule has 0 N–H and O–H groups in total. The maximum atomic E-state index is 3.98. The summed E-state index contributed by atoms with van der Waals surface area (Å²) in [4.78, 5) is 0. The Morgan fingerprint density at radius 3 is 2.05 bits per heavy atom. The lowest BCUT2D eigenvalue weighted by molar-refractivity contribution is 1.43. The van der Waals surface area contributed by atoms with Gasteiger partial charge in [0.15, 0.2) is 0 Å². The van der Waals surface area contributed by atoms with E-state index in [0.29, 0.717) is 0 Å². The van der Waals surface area contributed by atoms with Gasteiger partial charge in [-0.15, -0.1) is 0 Å². The Morgan fingerprint density at radius 1 is 0.714 bits per heavy atom. The molecule has 0 heterocycles. The van der Waals surface area contributed by atoms with Crippen LogP contribution in [0.5, 0.6) is 0 Å². The molecular weight excluding hydrogens is 252 g/mol. The van der Waals surface area contributed by atoms with Crippen molar-refractivity contribution in [1.29, 1.82) is 0 Å². The summed E-state index contributed by atoms with van der Waals surface area (Å²) < 4.78 is 0. The molecule has 0 saturated heterocycles. The smallest absolute Gasteiger partial charge is 0.0102 e. The van der Waals surface area contributed by atoms with E-state index in [2.05, 4.69) is 74.7 Å². The maximum absolute atomic E-state index is 3.98. The van der Waals surface area contributed by atoms with Crippen LogP contribution in [0.25, 0.3) is 34.1 Å². The lowest BCUT2D eigenvalue weighted by Gasteiger charge is -2.13. The third kappa shape index (κ3) is 2.30. The molecule has 3 aromatic carbocycles. The standard InChI is InChI=1S/C21H18/c1-4-16-11-8-12-20(15(16)3)21-14-19-10-7-6-9-18(19)13-17(21)5-2/h4-14H,1-2H2,3H3. The summed E-state index contributed by atoms with van der Waals surface area (Å²) in [6.45, 7) is 10.0. The van der Waals surface area contributed by atoms with Gasteiger partial charge in [0.2, 0.25) is 0 Å². The Kier molecular flexibility index (Phi) is 3.45. The highest BCUT2D eigenvalue weighted by Gasteiger charge is 2.09. The number of hydrogen-bond donors (Lipinski definition) is 0. The molecule has 0 aliphatic rings. The average Bonchev–Trinajstić information content (AvgIpc) is 2.54. The minimum absolute atomic E-state index is 1.16. The molecule has 0 radical (unpaired) electrons. The van der Waals surface area contributed by atoms with Crippen LogP contribution in [0.15, 0.2) is 67.8 Å². The van der Waals surface area contributed by atoms with Gasteiger partial charge in [0, 0.05) is 0 Å². The summed E-state index contributed by atoms with van der Waals surface area (Å²) in [6.07, 6.45) is 3.84. The van der Waals surface area contributed by atoms with Crippen molar-refractivity contribution in [3.63, 3.8) is 0 Å². The number of benzene rings is 3. The van der Waals surface area contributed by atoms with Gasteiger partial charge in [0.25, 0.3) is 0 Å². The number of hydrogen-bond acceptors (Lipinski definition) is 0. The van der Waals surface area contributed by atoms with E-state index in [1.807, 2.05) is 12.2 Å². The fourth-order valence-electron chi connectivity index (χ4n) is 2.83. The van der Waals surface area contributed by atoms with E-state index in [0.717, 1.165) is 5.56 Å². The van der Waals surface area contributed by atoms with Gasteiger partial charge in [0.1, 0.15) is 0 Å². The van der Waals surface area contributed by atoms with Gasteiger partial charge in [-0.1, -0.05) is 67.8 Å². The number of fused-ring (bicyclic) bond motifs is 1. The zero-order valence-electron chi connectivity index (χ0n) is 12.3. The van der Waals surface area contributed by atoms with E-state index in [1.165, 1.54) is 33.0 Å². The molecule has 0 nitrogen and oxygen atoms in total. The first-order valence-corrected chi connectivity index (χ1v) is 7.12. The summed E-state index contributed by atoms with van der Waals surface area (Å²) in [5.74, 6) is 0. The minimum atomic E-state index is 1.16. The van der Waals surface area contributed by atoms with Crippen molar-refractivity contribution >= 4 is 22.9 Å². The van der Waals surface area contributed by atoms with Gasteiger partial charge >= 0.3 is 0 Å². The lowest BCUT2D eigenvalue weighted by Crippen LogP contribution is -1.90. The monoisotopic (exact) mass is 270 g/mol. The van der Waals surface area contributed by atoms with Crippen molar-refractivity contribution in [2.24, 2.45) is 0 Å². The van der Waals surface area contributed by atoms with Crippen molar-refractivity contribution in [2.45, 2.75) is 6.92 Å². The second kappa shape index (κ2) is 5.41. The van der Waals surface area contributed by atoms with Crippen LogP contribution in [-0.4, -0.2) is 0 Å². The third-order valence-electron chi connectivity index (χ3n) is 4.02. The van der Waals surface area contributed by atoms with Crippen LogP contribution in [0, 0.1) is 6.92 Å². The first-order chi connectivity index (χ1) is 10.2. The number of rotatable bonds is 3. The predicted molar refractivity (Wildman–Crippen MR) is 94.3 cm³/mol. The zero-order chi connectivity index (χ0) is 14.8. The molecule has 0 atom stereocenters. The summed E-state index contributed by atoms with van der Waals surface area (Å²) in [5, 5.41) is 2.50. The van der Waals surface area contributed by atoms with Crippen LogP contribution < -0.4 is 0 Å². The Balaban J connectivity index is 2.33. The predicted octanol–water partition coefficient (Wildman–Crippen LogP) is 6.10. The summed E-state index contributed by atoms with van der Waals surface area (Å²) in [7, 11) is 0. The zero-order valence-corrected chi connectivity index (χ0v) is 12.3. The molecule has 0 amide bonds. The molecule has 0 saturated carbocycles. The highest BCUT2D eigenvalue weighted by atomic mass is 14.1. The third-order valence-corrected chi connectivity index (χ3v) is 4.02. The van der Waals surface area contributed by atoms with E-state index in [-0.39, 0.29) is 0 Å². The lowest BCUT2D eigenvalue weighted by atomic mass is 9.91. The molecule has 3 aromatic rings. The Morgan fingerprint density at radius 2 is 1.38 bits per heavy atom. The summed E-state index contributed by atoms with van der Waals surface area (Å²) in [5.41, 5.74) is 6.07. The Bertz CT molecular complexity index is 838. The quantitative estimate of drug-likeness (QED) is 0.539. The molecule has 0 spiro atoms. The van der Waals surface area contributed by atoms with Crippen LogP contribution in [0.3, 0.4) is 0 Å². The van der Waals surface area contributed by atoms with Crippen molar-refractivity contribution in [3.8, 4) is 11.1 Å². The Hall–Kier alpha value is -2.60. The van der Waals surface area contributed by atoms with Crippen molar-refractivity contribution < 1.29 is 0 Å². The minimum Gasteiger partial charge on any atom is -0.0985 e. The second-order valence-corrected chi connectivity index (χ2v) is 5.21. The second-order valence-electron chi connectivity index (χ2n) is 5.21. The highest BCUT2D eigenvalue weighted by molar-refractivity contribution is 5.92. The van der Waals surface area contributed by atoms with Crippen molar-refractivity contribution in [1.82, 2.24) is 0 Å². The molecule has 0 aliphatic carbocycles. The molecule has 3 rings (SSSR count). The molecular formula is C21H18. The average molecular weight is 270 g/mol. The largest absolute Gasteiger partial charge is 0.0985 e.